The normalized spacial score (nSPS) is 21.7. The van der Waals surface area contributed by atoms with Crippen LogP contribution in [0.4, 0.5) is 0 Å². The van der Waals surface area contributed by atoms with Gasteiger partial charge in [-0.25, -0.2) is 0 Å². The van der Waals surface area contributed by atoms with E-state index in [2.05, 4.69) is 22.0 Å². The maximum atomic E-state index is 12.4. The Hall–Kier alpha value is -1.09. The van der Waals surface area contributed by atoms with Crippen LogP contribution in [-0.2, 0) is 11.2 Å². The van der Waals surface area contributed by atoms with Crippen LogP contribution >= 0.6 is 15.9 Å². The second-order valence-electron chi connectivity index (χ2n) is 7.17. The van der Waals surface area contributed by atoms with Gasteiger partial charge in [0.25, 0.3) is 0 Å². The Bertz CT molecular complexity index is 593. The molecule has 0 unspecified atom stereocenters. The van der Waals surface area contributed by atoms with E-state index in [4.69, 9.17) is 0 Å². The number of ketones is 1. The van der Waals surface area contributed by atoms with Crippen molar-refractivity contribution in [1.29, 1.82) is 0 Å². The van der Waals surface area contributed by atoms with Crippen LogP contribution in [0.3, 0.4) is 0 Å². The highest BCUT2D eigenvalue weighted by molar-refractivity contribution is 9.10. The molecule has 124 valence electrons. The molecule has 2 aliphatic rings. The molecule has 2 aliphatic carbocycles. The molecule has 0 heterocycles. The number of halogens is 1. The molecule has 1 aromatic carbocycles. The Morgan fingerprint density at radius 1 is 1.17 bits per heavy atom. The van der Waals surface area contributed by atoms with Crippen molar-refractivity contribution in [2.24, 2.45) is 11.3 Å². The highest BCUT2D eigenvalue weighted by Crippen LogP contribution is 2.46. The Labute approximate surface area is 147 Å². The lowest BCUT2D eigenvalue weighted by atomic mass is 9.77. The number of benzene rings is 1. The van der Waals surface area contributed by atoms with Crippen LogP contribution in [0.5, 0.6) is 0 Å². The van der Waals surface area contributed by atoms with E-state index in [1.165, 1.54) is 5.56 Å². The highest BCUT2D eigenvalue weighted by Gasteiger charge is 2.39. The Morgan fingerprint density at radius 2 is 1.83 bits per heavy atom. The zero-order valence-electron chi connectivity index (χ0n) is 13.6. The fourth-order valence-corrected chi connectivity index (χ4v) is 4.62. The summed E-state index contributed by atoms with van der Waals surface area (Å²) in [5.41, 5.74) is 0.959. The second kappa shape index (κ2) is 7.21. The van der Waals surface area contributed by atoms with Crippen molar-refractivity contribution in [1.82, 2.24) is 0 Å². The van der Waals surface area contributed by atoms with Crippen LogP contribution in [0, 0.1) is 11.3 Å². The largest absolute Gasteiger partial charge is 0.512 e. The summed E-state index contributed by atoms with van der Waals surface area (Å²) in [7, 11) is 0. The number of hydrogen-bond acceptors (Lipinski definition) is 2. The molecule has 3 rings (SSSR count). The minimum atomic E-state index is -0.252. The van der Waals surface area contributed by atoms with Gasteiger partial charge in [-0.1, -0.05) is 59.8 Å². The summed E-state index contributed by atoms with van der Waals surface area (Å²) in [5.74, 6) is 0.597. The lowest BCUT2D eigenvalue weighted by molar-refractivity contribution is -0.118. The molecule has 1 aromatic rings. The van der Waals surface area contributed by atoms with Gasteiger partial charge in [0.2, 0.25) is 0 Å². The number of rotatable bonds is 5. The van der Waals surface area contributed by atoms with Crippen LogP contribution in [0.25, 0.3) is 0 Å². The number of carbonyl (C=O) groups is 1. The van der Waals surface area contributed by atoms with Crippen molar-refractivity contribution < 1.29 is 9.90 Å². The Morgan fingerprint density at radius 3 is 2.48 bits per heavy atom. The third kappa shape index (κ3) is 3.71. The topological polar surface area (TPSA) is 37.3 Å². The van der Waals surface area contributed by atoms with Crippen molar-refractivity contribution >= 4 is 21.7 Å². The molecule has 0 bridgehead atoms. The Kier molecular flexibility index (Phi) is 5.25. The number of aliphatic hydroxyl groups excluding tert-OH is 1. The molecule has 23 heavy (non-hydrogen) atoms. The average molecular weight is 377 g/mol. The molecular weight excluding hydrogens is 352 g/mol. The van der Waals surface area contributed by atoms with Crippen LogP contribution in [0.15, 0.2) is 40.6 Å². The van der Waals surface area contributed by atoms with Gasteiger partial charge in [-0.15, -0.1) is 0 Å². The maximum Gasteiger partial charge on any atom is 0.162 e. The first-order valence-corrected chi connectivity index (χ1v) is 9.58. The van der Waals surface area contributed by atoms with Gasteiger partial charge in [0.15, 0.2) is 5.78 Å². The Balaban J connectivity index is 1.82. The molecule has 2 fully saturated rings. The number of carbonyl (C=O) groups excluding carboxylic acids is 1. The summed E-state index contributed by atoms with van der Waals surface area (Å²) < 4.78 is 1.08. The summed E-state index contributed by atoms with van der Waals surface area (Å²) in [6.45, 7) is 0. The molecule has 2 nitrogen and oxygen atoms in total. The number of hydrogen-bond donors (Lipinski definition) is 1. The monoisotopic (exact) mass is 376 g/mol. The van der Waals surface area contributed by atoms with Crippen molar-refractivity contribution in [3.05, 3.63) is 46.1 Å². The van der Waals surface area contributed by atoms with Gasteiger partial charge < -0.3 is 5.11 Å². The first-order chi connectivity index (χ1) is 11.1. The first kappa shape index (κ1) is 16.8. The summed E-state index contributed by atoms with van der Waals surface area (Å²) in [4.78, 5) is 12.4. The summed E-state index contributed by atoms with van der Waals surface area (Å²) in [5, 5.41) is 10.8. The molecule has 2 saturated carbocycles. The van der Waals surface area contributed by atoms with E-state index in [-0.39, 0.29) is 17.1 Å². The van der Waals surface area contributed by atoms with E-state index in [0.717, 1.165) is 62.3 Å². The molecule has 0 aromatic heterocycles. The summed E-state index contributed by atoms with van der Waals surface area (Å²) in [6, 6.07) is 8.19. The average Bonchev–Trinajstić information content (AvgIpc) is 3.21. The van der Waals surface area contributed by atoms with E-state index >= 15 is 0 Å². The standard InChI is InChI=1S/C20H25BrO2/c21-17-10-4-3-9-16(17)14-20(11-5-6-12-20)19(23)13-18(22)15-7-1-2-8-15/h3-4,9-10,13,15,23H,1-2,5-8,11-12,14H2. The molecule has 3 heteroatoms. The molecule has 0 atom stereocenters. The molecule has 1 N–H and O–H groups in total. The number of aliphatic hydroxyl groups is 1. The quantitative estimate of drug-likeness (QED) is 0.524. The molecular formula is C20H25BrO2. The van der Waals surface area contributed by atoms with Gasteiger partial charge in [-0.3, -0.25) is 4.79 Å². The lowest BCUT2D eigenvalue weighted by Gasteiger charge is -2.29. The van der Waals surface area contributed by atoms with Crippen molar-refractivity contribution in [2.45, 2.75) is 57.8 Å². The van der Waals surface area contributed by atoms with E-state index in [9.17, 15) is 9.90 Å². The highest BCUT2D eigenvalue weighted by atomic mass is 79.9. The predicted molar refractivity (Wildman–Crippen MR) is 96.4 cm³/mol. The zero-order chi connectivity index (χ0) is 16.3. The minimum absolute atomic E-state index is 0.137. The van der Waals surface area contributed by atoms with Gasteiger partial charge in [0.05, 0.1) is 0 Å². The van der Waals surface area contributed by atoms with Gasteiger partial charge in [-0.2, -0.15) is 0 Å². The maximum absolute atomic E-state index is 12.4. The van der Waals surface area contributed by atoms with Gasteiger partial charge in [0, 0.05) is 21.9 Å². The third-order valence-corrected chi connectivity index (χ3v) is 6.40. The van der Waals surface area contributed by atoms with E-state index < -0.39 is 0 Å². The van der Waals surface area contributed by atoms with Crippen molar-refractivity contribution in [3.8, 4) is 0 Å². The van der Waals surface area contributed by atoms with Crippen LogP contribution in [0.2, 0.25) is 0 Å². The molecule has 0 amide bonds. The van der Waals surface area contributed by atoms with Crippen LogP contribution in [0.1, 0.15) is 56.9 Å². The fourth-order valence-electron chi connectivity index (χ4n) is 4.20. The first-order valence-electron chi connectivity index (χ1n) is 8.79. The fraction of sp³-hybridized carbons (Fsp3) is 0.550. The zero-order valence-corrected chi connectivity index (χ0v) is 15.1. The van der Waals surface area contributed by atoms with Crippen LogP contribution < -0.4 is 0 Å². The van der Waals surface area contributed by atoms with E-state index in [1.807, 2.05) is 18.2 Å². The second-order valence-corrected chi connectivity index (χ2v) is 8.02. The summed E-state index contributed by atoms with van der Waals surface area (Å²) in [6.07, 6.45) is 10.8. The van der Waals surface area contributed by atoms with Crippen LogP contribution in [-0.4, -0.2) is 10.9 Å². The lowest BCUT2D eigenvalue weighted by Crippen LogP contribution is -2.24. The molecule has 0 saturated heterocycles. The molecule has 0 radical (unpaired) electrons. The molecule has 0 spiro atoms. The SMILES string of the molecule is O=C(C=C(O)C1(Cc2ccccc2Br)CCCC1)C1CCCC1. The summed E-state index contributed by atoms with van der Waals surface area (Å²) >= 11 is 3.61. The van der Waals surface area contributed by atoms with Gasteiger partial charge in [0.1, 0.15) is 5.76 Å². The van der Waals surface area contributed by atoms with Crippen molar-refractivity contribution in [3.63, 3.8) is 0 Å². The molecule has 0 aliphatic heterocycles. The van der Waals surface area contributed by atoms with E-state index in [1.54, 1.807) is 6.08 Å². The third-order valence-electron chi connectivity index (χ3n) is 5.63. The van der Waals surface area contributed by atoms with Crippen molar-refractivity contribution in [2.75, 3.05) is 0 Å². The smallest absolute Gasteiger partial charge is 0.162 e. The predicted octanol–water partition coefficient (Wildman–Crippen LogP) is 5.75. The van der Waals surface area contributed by atoms with Gasteiger partial charge >= 0.3 is 0 Å². The number of allylic oxidation sites excluding steroid dienone is 2. The minimum Gasteiger partial charge on any atom is -0.512 e. The van der Waals surface area contributed by atoms with Gasteiger partial charge in [-0.05, 0) is 43.7 Å². The van der Waals surface area contributed by atoms with E-state index in [0.29, 0.717) is 5.76 Å².